The zero-order valence-corrected chi connectivity index (χ0v) is 11.7. The molecule has 3 rings (SSSR count). The van der Waals surface area contributed by atoms with Crippen molar-refractivity contribution < 1.29 is 0 Å². The van der Waals surface area contributed by atoms with Gasteiger partial charge >= 0.3 is 0 Å². The van der Waals surface area contributed by atoms with Crippen molar-refractivity contribution in [2.45, 2.75) is 45.1 Å². The lowest BCUT2D eigenvalue weighted by Gasteiger charge is -2.09. The first kappa shape index (κ1) is 13.1. The van der Waals surface area contributed by atoms with Gasteiger partial charge in [-0.3, -0.25) is 0 Å². The molecule has 0 unspecified atom stereocenters. The van der Waals surface area contributed by atoms with Crippen molar-refractivity contribution in [3.63, 3.8) is 0 Å². The summed E-state index contributed by atoms with van der Waals surface area (Å²) >= 11 is 0. The first-order valence-corrected chi connectivity index (χ1v) is 7.45. The maximum Gasteiger partial charge on any atom is 0.182 e. The topological polar surface area (TPSA) is 69.6 Å². The first-order chi connectivity index (χ1) is 9.83. The molecule has 0 atom stereocenters. The Bertz CT molecular complexity index is 540. The number of aryl methyl sites for hydroxylation is 1. The van der Waals surface area contributed by atoms with Crippen molar-refractivity contribution in [3.8, 4) is 11.4 Å². The van der Waals surface area contributed by atoms with Crippen molar-refractivity contribution in [2.75, 3.05) is 5.73 Å². The van der Waals surface area contributed by atoms with Crippen LogP contribution in [0.3, 0.4) is 0 Å². The summed E-state index contributed by atoms with van der Waals surface area (Å²) in [6, 6.07) is 7.70. The molecule has 5 heteroatoms. The number of nitrogens with two attached hydrogens (primary N) is 1. The second-order valence-electron chi connectivity index (χ2n) is 5.64. The highest BCUT2D eigenvalue weighted by atomic mass is 15.5. The summed E-state index contributed by atoms with van der Waals surface area (Å²) in [5.41, 5.74) is 7.49. The molecule has 106 valence electrons. The van der Waals surface area contributed by atoms with Crippen LogP contribution in [0.5, 0.6) is 0 Å². The lowest BCUT2D eigenvalue weighted by molar-refractivity contribution is 0.444. The minimum Gasteiger partial charge on any atom is -0.399 e. The number of aromatic nitrogens is 4. The third-order valence-electron chi connectivity index (χ3n) is 4.16. The maximum absolute atomic E-state index is 5.71. The van der Waals surface area contributed by atoms with E-state index in [0.717, 1.165) is 36.0 Å². The van der Waals surface area contributed by atoms with Crippen molar-refractivity contribution in [1.82, 2.24) is 20.2 Å². The number of hydrogen-bond donors (Lipinski definition) is 1. The van der Waals surface area contributed by atoms with Gasteiger partial charge < -0.3 is 5.73 Å². The van der Waals surface area contributed by atoms with E-state index in [1.165, 1.54) is 32.1 Å². The average molecular weight is 271 g/mol. The maximum atomic E-state index is 5.71. The minimum atomic E-state index is 0.758. The van der Waals surface area contributed by atoms with Crippen LogP contribution in [-0.4, -0.2) is 20.2 Å². The van der Waals surface area contributed by atoms with Crippen molar-refractivity contribution in [3.05, 3.63) is 24.3 Å². The van der Waals surface area contributed by atoms with Crippen LogP contribution in [0, 0.1) is 5.92 Å². The molecule has 0 bridgehead atoms. The number of nitrogen functional groups attached to an aromatic ring is 1. The Kier molecular flexibility index (Phi) is 3.95. The summed E-state index contributed by atoms with van der Waals surface area (Å²) in [6.45, 7) is 0.892. The van der Waals surface area contributed by atoms with E-state index < -0.39 is 0 Å². The van der Waals surface area contributed by atoms with Crippen LogP contribution in [0.2, 0.25) is 0 Å². The number of benzene rings is 1. The van der Waals surface area contributed by atoms with E-state index in [2.05, 4.69) is 15.5 Å². The molecule has 1 fully saturated rings. The third-order valence-corrected chi connectivity index (χ3v) is 4.16. The molecular formula is C15H21N5. The average Bonchev–Trinajstić information content (AvgIpc) is 3.11. The Morgan fingerprint density at radius 2 is 1.90 bits per heavy atom. The second-order valence-corrected chi connectivity index (χ2v) is 5.64. The van der Waals surface area contributed by atoms with Gasteiger partial charge in [0.25, 0.3) is 0 Å². The standard InChI is InChI=1S/C15H21N5/c16-14-9-7-13(8-10-14)15-17-18-19-20(15)11-3-6-12-4-1-2-5-12/h7-10,12H,1-6,11,16H2. The molecule has 5 nitrogen and oxygen atoms in total. The van der Waals surface area contributed by atoms with E-state index in [9.17, 15) is 0 Å². The number of anilines is 1. The summed E-state index contributed by atoms with van der Waals surface area (Å²) in [6.07, 6.45) is 8.07. The SMILES string of the molecule is Nc1ccc(-c2nnnn2CCCC2CCCC2)cc1. The molecule has 1 aliphatic rings. The highest BCUT2D eigenvalue weighted by Gasteiger charge is 2.15. The van der Waals surface area contributed by atoms with Gasteiger partial charge in [0.1, 0.15) is 0 Å². The summed E-state index contributed by atoms with van der Waals surface area (Å²) in [5, 5.41) is 12.0. The van der Waals surface area contributed by atoms with E-state index in [1.807, 2.05) is 28.9 Å². The fourth-order valence-electron chi connectivity index (χ4n) is 3.02. The van der Waals surface area contributed by atoms with Gasteiger partial charge in [-0.05, 0) is 53.5 Å². The normalized spacial score (nSPS) is 15.8. The van der Waals surface area contributed by atoms with Crippen LogP contribution < -0.4 is 5.73 Å². The van der Waals surface area contributed by atoms with E-state index in [0.29, 0.717) is 0 Å². The molecule has 0 aliphatic heterocycles. The minimum absolute atomic E-state index is 0.758. The molecule has 1 heterocycles. The highest BCUT2D eigenvalue weighted by molar-refractivity contribution is 5.58. The van der Waals surface area contributed by atoms with Gasteiger partial charge in [-0.2, -0.15) is 0 Å². The third kappa shape index (κ3) is 2.98. The van der Waals surface area contributed by atoms with Crippen LogP contribution in [-0.2, 0) is 6.54 Å². The van der Waals surface area contributed by atoms with Crippen LogP contribution in [0.4, 0.5) is 5.69 Å². The van der Waals surface area contributed by atoms with Crippen molar-refractivity contribution in [1.29, 1.82) is 0 Å². The predicted octanol–water partition coefficient (Wildman–Crippen LogP) is 2.89. The Morgan fingerprint density at radius 3 is 2.65 bits per heavy atom. The van der Waals surface area contributed by atoms with Crippen LogP contribution in [0.1, 0.15) is 38.5 Å². The molecule has 0 amide bonds. The molecular weight excluding hydrogens is 250 g/mol. The molecule has 1 aromatic heterocycles. The van der Waals surface area contributed by atoms with Gasteiger partial charge in [-0.15, -0.1) is 5.10 Å². The molecule has 2 aromatic rings. The molecule has 2 N–H and O–H groups in total. The summed E-state index contributed by atoms with van der Waals surface area (Å²) in [7, 11) is 0. The van der Waals surface area contributed by atoms with Crippen LogP contribution >= 0.6 is 0 Å². The van der Waals surface area contributed by atoms with Gasteiger partial charge in [0.2, 0.25) is 0 Å². The molecule has 1 saturated carbocycles. The van der Waals surface area contributed by atoms with E-state index in [4.69, 9.17) is 5.73 Å². The quantitative estimate of drug-likeness (QED) is 0.849. The molecule has 1 aliphatic carbocycles. The van der Waals surface area contributed by atoms with Gasteiger partial charge in [-0.1, -0.05) is 25.7 Å². The van der Waals surface area contributed by atoms with Gasteiger partial charge in [0.05, 0.1) is 0 Å². The zero-order chi connectivity index (χ0) is 13.8. The largest absolute Gasteiger partial charge is 0.399 e. The number of nitrogens with zero attached hydrogens (tertiary/aromatic N) is 4. The summed E-state index contributed by atoms with van der Waals surface area (Å²) in [4.78, 5) is 0. The number of tetrazole rings is 1. The Labute approximate surface area is 119 Å². The number of rotatable bonds is 5. The second kappa shape index (κ2) is 6.03. The Balaban J connectivity index is 1.62. The lowest BCUT2D eigenvalue weighted by Crippen LogP contribution is -2.05. The van der Waals surface area contributed by atoms with Crippen LogP contribution in [0.25, 0.3) is 11.4 Å². The Hall–Kier alpha value is -1.91. The van der Waals surface area contributed by atoms with Gasteiger partial charge in [0, 0.05) is 17.8 Å². The smallest absolute Gasteiger partial charge is 0.182 e. The van der Waals surface area contributed by atoms with E-state index in [1.54, 1.807) is 0 Å². The fraction of sp³-hybridized carbons (Fsp3) is 0.533. The van der Waals surface area contributed by atoms with Gasteiger partial charge in [-0.25, -0.2) is 4.68 Å². The zero-order valence-electron chi connectivity index (χ0n) is 11.7. The highest BCUT2D eigenvalue weighted by Crippen LogP contribution is 2.28. The van der Waals surface area contributed by atoms with E-state index >= 15 is 0 Å². The molecule has 0 saturated heterocycles. The first-order valence-electron chi connectivity index (χ1n) is 7.45. The van der Waals surface area contributed by atoms with E-state index in [-0.39, 0.29) is 0 Å². The molecule has 20 heavy (non-hydrogen) atoms. The van der Waals surface area contributed by atoms with Crippen LogP contribution in [0.15, 0.2) is 24.3 Å². The van der Waals surface area contributed by atoms with Crippen molar-refractivity contribution in [2.24, 2.45) is 5.92 Å². The Morgan fingerprint density at radius 1 is 1.15 bits per heavy atom. The molecule has 0 spiro atoms. The monoisotopic (exact) mass is 271 g/mol. The fourth-order valence-corrected chi connectivity index (χ4v) is 3.02. The van der Waals surface area contributed by atoms with Crippen molar-refractivity contribution >= 4 is 5.69 Å². The molecule has 1 aromatic carbocycles. The molecule has 0 radical (unpaired) electrons. The van der Waals surface area contributed by atoms with Gasteiger partial charge in [0.15, 0.2) is 5.82 Å². The lowest BCUT2D eigenvalue weighted by atomic mass is 10.0. The number of hydrogen-bond acceptors (Lipinski definition) is 4. The predicted molar refractivity (Wildman–Crippen MR) is 78.9 cm³/mol. The summed E-state index contributed by atoms with van der Waals surface area (Å²) < 4.78 is 1.90. The summed E-state index contributed by atoms with van der Waals surface area (Å²) in [5.74, 6) is 1.75.